The minimum absolute atomic E-state index is 0.583. The van der Waals surface area contributed by atoms with Gasteiger partial charge in [0.25, 0.3) is 0 Å². The van der Waals surface area contributed by atoms with Crippen LogP contribution in [0.3, 0.4) is 0 Å². The Hall–Kier alpha value is 0.958. The van der Waals surface area contributed by atoms with Crippen molar-refractivity contribution < 1.29 is 14.9 Å². The molecule has 15 heavy (non-hydrogen) atoms. The number of rotatable bonds is 0. The molecule has 0 atom stereocenters. The molecule has 0 saturated carbocycles. The van der Waals surface area contributed by atoms with E-state index in [4.69, 9.17) is 0 Å². The van der Waals surface area contributed by atoms with Crippen molar-refractivity contribution in [1.29, 1.82) is 0 Å². The van der Waals surface area contributed by atoms with Crippen LogP contribution in [0.15, 0.2) is 22.3 Å². The van der Waals surface area contributed by atoms with Gasteiger partial charge in [-0.05, 0) is 38.8 Å². The molecular formula is C11H18S3W-. The second-order valence-electron chi connectivity index (χ2n) is 3.19. The third-order valence-electron chi connectivity index (χ3n) is 2.81. The fraction of sp³-hybridized carbons (Fsp3) is 0.545. The summed E-state index contributed by atoms with van der Waals surface area (Å²) >= 11 is 3.50. The van der Waals surface area contributed by atoms with Crippen LogP contribution in [0.25, 0.3) is 0 Å². The van der Waals surface area contributed by atoms with E-state index in [1.54, 1.807) is 6.26 Å². The molecule has 0 aromatic heterocycles. The van der Waals surface area contributed by atoms with Gasteiger partial charge in [-0.2, -0.15) is 6.26 Å². The van der Waals surface area contributed by atoms with Gasteiger partial charge in [-0.25, -0.2) is 0 Å². The Morgan fingerprint density at radius 3 is 1.00 bits per heavy atom. The van der Waals surface area contributed by atoms with E-state index in [0.717, 1.165) is 0 Å². The van der Waals surface area contributed by atoms with Crippen molar-refractivity contribution in [2.45, 2.75) is 34.6 Å². The predicted octanol–water partition coefficient (Wildman–Crippen LogP) is 4.72. The van der Waals surface area contributed by atoms with Crippen molar-refractivity contribution in [1.82, 2.24) is 0 Å². The van der Waals surface area contributed by atoms with E-state index in [0.29, 0.717) is 0 Å². The van der Waals surface area contributed by atoms with Crippen LogP contribution in [0, 0.1) is 5.92 Å². The van der Waals surface area contributed by atoms with Gasteiger partial charge in [0, 0.05) is 5.92 Å². The molecule has 0 bridgehead atoms. The Labute approximate surface area is 115 Å². The van der Waals surface area contributed by atoms with Crippen molar-refractivity contribution in [3.8, 4) is 0 Å². The first-order valence-electron chi connectivity index (χ1n) is 4.49. The van der Waals surface area contributed by atoms with Gasteiger partial charge in [0.05, 0.1) is 0 Å². The average molecular weight is 430 g/mol. The molecule has 0 N–H and O–H groups in total. The SMILES string of the molecule is C[C]1C(C)=C(C)C(C)=C1C.C[S-].[S]=[W]=[S]. The zero-order valence-corrected chi connectivity index (χ0v) is 15.5. The van der Waals surface area contributed by atoms with Gasteiger partial charge in [0.2, 0.25) is 0 Å². The monoisotopic (exact) mass is 430 g/mol. The minimum atomic E-state index is -0.583. The zero-order valence-electron chi connectivity index (χ0n) is 10.1. The molecule has 87 valence electrons. The average Bonchev–Trinajstić information content (AvgIpc) is 2.41. The summed E-state index contributed by atoms with van der Waals surface area (Å²) in [5.74, 6) is 1.47. The predicted molar refractivity (Wildman–Crippen MR) is 74.1 cm³/mol. The first kappa shape index (κ1) is 18.3. The number of allylic oxidation sites excluding steroid dienone is 4. The molecule has 1 aliphatic rings. The van der Waals surface area contributed by atoms with Gasteiger partial charge >= 0.3 is 34.6 Å². The Kier molecular flexibility index (Phi) is 12.4. The Morgan fingerprint density at radius 2 is 0.933 bits per heavy atom. The molecule has 0 saturated heterocycles. The zero-order chi connectivity index (χ0) is 12.6. The molecule has 0 aromatic carbocycles. The van der Waals surface area contributed by atoms with Crippen molar-refractivity contribution in [3.05, 3.63) is 28.2 Å². The van der Waals surface area contributed by atoms with E-state index in [1.807, 2.05) is 0 Å². The molecule has 0 aromatic rings. The molecule has 0 amide bonds. The van der Waals surface area contributed by atoms with Crippen LogP contribution in [-0.2, 0) is 27.6 Å². The van der Waals surface area contributed by atoms with Crippen LogP contribution in [0.2, 0.25) is 0 Å². The van der Waals surface area contributed by atoms with Gasteiger partial charge in [-0.1, -0.05) is 18.1 Å². The summed E-state index contributed by atoms with van der Waals surface area (Å²) in [7, 11) is 8.75. The molecule has 0 unspecified atom stereocenters. The van der Waals surface area contributed by atoms with Gasteiger partial charge in [0.15, 0.2) is 0 Å². The van der Waals surface area contributed by atoms with Crippen molar-refractivity contribution in [3.63, 3.8) is 0 Å². The van der Waals surface area contributed by atoms with Gasteiger partial charge in [-0.15, -0.1) is 0 Å². The molecule has 1 radical (unpaired) electrons. The second kappa shape index (κ2) is 10.1. The number of hydrogen-bond acceptors (Lipinski definition) is 3. The first-order chi connectivity index (χ1) is 6.97. The molecule has 0 aliphatic heterocycles. The molecule has 0 spiro atoms. The van der Waals surface area contributed by atoms with Gasteiger partial charge < -0.3 is 12.6 Å². The molecule has 1 aliphatic carbocycles. The maximum atomic E-state index is 4.38. The van der Waals surface area contributed by atoms with E-state index in [1.165, 1.54) is 28.2 Å². The fourth-order valence-corrected chi connectivity index (χ4v) is 1.41. The molecule has 4 heteroatoms. The number of hydrogen-bond donors (Lipinski definition) is 0. The topological polar surface area (TPSA) is 0 Å². The Morgan fingerprint density at radius 1 is 0.733 bits per heavy atom. The summed E-state index contributed by atoms with van der Waals surface area (Å²) in [6, 6.07) is 0. The third kappa shape index (κ3) is 5.72. The van der Waals surface area contributed by atoms with E-state index in [9.17, 15) is 0 Å². The van der Waals surface area contributed by atoms with Crippen LogP contribution < -0.4 is 0 Å². The van der Waals surface area contributed by atoms with Crippen LogP contribution in [0.4, 0.5) is 0 Å². The summed E-state index contributed by atoms with van der Waals surface area (Å²) in [6.45, 7) is 11.0. The summed E-state index contributed by atoms with van der Waals surface area (Å²) in [5, 5.41) is 0. The summed E-state index contributed by atoms with van der Waals surface area (Å²) < 4.78 is 0. The quantitative estimate of drug-likeness (QED) is 0.511. The summed E-state index contributed by atoms with van der Waals surface area (Å²) in [4.78, 5) is 0. The second-order valence-corrected chi connectivity index (χ2v) is 8.14. The van der Waals surface area contributed by atoms with Gasteiger partial charge in [-0.3, -0.25) is 0 Å². The van der Waals surface area contributed by atoms with Crippen LogP contribution >= 0.6 is 19.6 Å². The molecule has 0 fully saturated rings. The molecule has 0 heterocycles. The first-order valence-corrected chi connectivity index (χ1v) is 13.2. The third-order valence-corrected chi connectivity index (χ3v) is 2.81. The van der Waals surface area contributed by atoms with Crippen molar-refractivity contribution in [2.24, 2.45) is 0 Å². The van der Waals surface area contributed by atoms with Gasteiger partial charge in [0.1, 0.15) is 0 Å². The van der Waals surface area contributed by atoms with Crippen LogP contribution in [0.5, 0.6) is 0 Å². The molecular weight excluding hydrogens is 412 g/mol. The summed E-state index contributed by atoms with van der Waals surface area (Å²) in [6.07, 6.45) is 1.58. The maximum absolute atomic E-state index is 4.38. The van der Waals surface area contributed by atoms with Crippen LogP contribution in [-0.4, -0.2) is 6.26 Å². The Balaban J connectivity index is 0. The molecule has 1 rings (SSSR count). The summed E-state index contributed by atoms with van der Waals surface area (Å²) in [5.41, 5.74) is 5.87. The van der Waals surface area contributed by atoms with Crippen molar-refractivity contribution in [2.75, 3.05) is 6.26 Å². The van der Waals surface area contributed by atoms with E-state index in [-0.39, 0.29) is 0 Å². The van der Waals surface area contributed by atoms with E-state index in [2.05, 4.69) is 66.9 Å². The van der Waals surface area contributed by atoms with E-state index < -0.39 is 14.9 Å². The standard InChI is InChI=1S/C10H15.CH4S.2S.W/c1-6-7(2)9(4)10(5)8(6)3;1-2;;;/h1-5H3;2H,1H3;;;/p-1. The Bertz CT molecular complexity index is 273. The van der Waals surface area contributed by atoms with E-state index >= 15 is 0 Å². The van der Waals surface area contributed by atoms with Crippen molar-refractivity contribution >= 4 is 32.3 Å². The normalized spacial score (nSPS) is 15.4. The van der Waals surface area contributed by atoms with Crippen LogP contribution in [0.1, 0.15) is 34.6 Å². The fourth-order valence-electron chi connectivity index (χ4n) is 1.41. The molecule has 0 nitrogen and oxygen atoms in total.